The van der Waals surface area contributed by atoms with Gasteiger partial charge < -0.3 is 29.4 Å². The fourth-order valence-electron chi connectivity index (χ4n) is 4.09. The second-order valence-electron chi connectivity index (χ2n) is 7.80. The van der Waals surface area contributed by atoms with Crippen molar-refractivity contribution in [3.8, 4) is 46.2 Å². The van der Waals surface area contributed by atoms with Crippen molar-refractivity contribution in [3.05, 3.63) is 59.0 Å². The molecule has 0 fully saturated rings. The number of fused-ring (bicyclic) bond motifs is 1. The van der Waals surface area contributed by atoms with E-state index in [0.717, 1.165) is 17.5 Å². The first-order valence-electron chi connectivity index (χ1n) is 11.3. The normalized spacial score (nSPS) is 14.5. The summed E-state index contributed by atoms with van der Waals surface area (Å²) in [7, 11) is 3.17. The van der Waals surface area contributed by atoms with Gasteiger partial charge in [-0.1, -0.05) is 13.0 Å². The van der Waals surface area contributed by atoms with Crippen molar-refractivity contribution < 1.29 is 23.7 Å². The van der Waals surface area contributed by atoms with E-state index >= 15 is 0 Å². The molecule has 2 heterocycles. The first kappa shape index (κ1) is 23.8. The van der Waals surface area contributed by atoms with Crippen molar-refractivity contribution in [1.82, 2.24) is 10.2 Å². The summed E-state index contributed by atoms with van der Waals surface area (Å²) in [6.07, 6.45) is 0.871. The minimum Gasteiger partial charge on any atom is -0.493 e. The summed E-state index contributed by atoms with van der Waals surface area (Å²) in [6.45, 7) is 5.03. The number of ether oxygens (including phenoxy) is 5. The zero-order chi connectivity index (χ0) is 24.9. The third-order valence-corrected chi connectivity index (χ3v) is 5.67. The van der Waals surface area contributed by atoms with E-state index in [1.807, 2.05) is 50.2 Å². The number of methoxy groups -OCH3 is 2. The number of hydrogen-bond acceptors (Lipinski definition) is 8. The molecule has 0 amide bonds. The van der Waals surface area contributed by atoms with Gasteiger partial charge in [0.15, 0.2) is 23.0 Å². The van der Waals surface area contributed by atoms with Crippen molar-refractivity contribution in [3.63, 3.8) is 0 Å². The molecule has 1 atom stereocenters. The average molecular weight is 477 g/mol. The third-order valence-electron chi connectivity index (χ3n) is 5.67. The van der Waals surface area contributed by atoms with E-state index in [1.54, 1.807) is 14.2 Å². The average Bonchev–Trinajstić information content (AvgIpc) is 3.30. The Hall–Kier alpha value is -4.32. The minimum atomic E-state index is -0.538. The molecule has 0 aliphatic carbocycles. The molecule has 0 radical (unpaired) electrons. The molecule has 1 aliphatic heterocycles. The Balaban J connectivity index is 1.86. The maximum Gasteiger partial charge on any atom is 0.244 e. The van der Waals surface area contributed by atoms with Crippen LogP contribution in [0.1, 0.15) is 37.3 Å². The lowest BCUT2D eigenvalue weighted by atomic mass is 9.83. The fourth-order valence-corrected chi connectivity index (χ4v) is 4.09. The Bertz CT molecular complexity index is 1290. The van der Waals surface area contributed by atoms with E-state index in [9.17, 15) is 5.26 Å². The monoisotopic (exact) mass is 476 g/mol. The molecule has 3 N–H and O–H groups in total. The van der Waals surface area contributed by atoms with E-state index in [0.29, 0.717) is 53.3 Å². The van der Waals surface area contributed by atoms with Gasteiger partial charge in [-0.15, -0.1) is 5.10 Å². The molecule has 0 saturated heterocycles. The van der Waals surface area contributed by atoms with Crippen molar-refractivity contribution in [2.24, 2.45) is 5.73 Å². The van der Waals surface area contributed by atoms with Gasteiger partial charge in [0, 0.05) is 5.56 Å². The van der Waals surface area contributed by atoms with Crippen molar-refractivity contribution >= 4 is 0 Å². The smallest absolute Gasteiger partial charge is 0.244 e. The van der Waals surface area contributed by atoms with Crippen LogP contribution in [0.3, 0.4) is 0 Å². The number of benzene rings is 2. The van der Waals surface area contributed by atoms with Crippen LogP contribution in [0.15, 0.2) is 47.9 Å². The fraction of sp³-hybridized carbons (Fsp3) is 0.308. The quantitative estimate of drug-likeness (QED) is 0.463. The van der Waals surface area contributed by atoms with Gasteiger partial charge in [0.1, 0.15) is 11.6 Å². The summed E-state index contributed by atoms with van der Waals surface area (Å²) in [5.41, 5.74) is 9.36. The molecule has 2 aromatic carbocycles. The third kappa shape index (κ3) is 4.43. The number of aromatic nitrogens is 2. The maximum absolute atomic E-state index is 10.0. The molecule has 182 valence electrons. The van der Waals surface area contributed by atoms with Gasteiger partial charge in [-0.3, -0.25) is 5.10 Å². The molecule has 0 spiro atoms. The van der Waals surface area contributed by atoms with Crippen LogP contribution in [0.25, 0.3) is 11.3 Å². The second-order valence-corrected chi connectivity index (χ2v) is 7.80. The highest BCUT2D eigenvalue weighted by atomic mass is 16.5. The maximum atomic E-state index is 10.0. The topological polar surface area (TPSA) is 125 Å². The van der Waals surface area contributed by atoms with Crippen molar-refractivity contribution in [2.75, 3.05) is 27.4 Å². The number of rotatable bonds is 9. The largest absolute Gasteiger partial charge is 0.493 e. The van der Waals surface area contributed by atoms with Crippen molar-refractivity contribution in [2.45, 2.75) is 26.2 Å². The van der Waals surface area contributed by atoms with Gasteiger partial charge >= 0.3 is 0 Å². The minimum absolute atomic E-state index is 0.0117. The Morgan fingerprint density at radius 1 is 1.03 bits per heavy atom. The summed E-state index contributed by atoms with van der Waals surface area (Å²) < 4.78 is 28.3. The van der Waals surface area contributed by atoms with E-state index in [4.69, 9.17) is 29.4 Å². The first-order valence-corrected chi connectivity index (χ1v) is 11.3. The van der Waals surface area contributed by atoms with Gasteiger partial charge in [-0.2, -0.15) is 5.26 Å². The summed E-state index contributed by atoms with van der Waals surface area (Å²) in [4.78, 5) is 0. The predicted octanol–water partition coefficient (Wildman–Crippen LogP) is 4.50. The van der Waals surface area contributed by atoms with Crippen LogP contribution in [0.2, 0.25) is 0 Å². The number of nitrogens with zero attached hydrogens (tertiary/aromatic N) is 2. The molecular weight excluding hydrogens is 448 g/mol. The molecule has 1 aromatic heterocycles. The van der Waals surface area contributed by atoms with Crippen LogP contribution in [0, 0.1) is 11.3 Å². The molecule has 0 saturated carbocycles. The SMILES string of the molecule is CCCOc1ccc([C@H]2C(C#N)=C(N)Oc3n[nH]c(-c4ccc(OCC)c(OC)c4)c32)cc1OC. The van der Waals surface area contributed by atoms with Gasteiger partial charge in [-0.05, 0) is 49.2 Å². The highest BCUT2D eigenvalue weighted by molar-refractivity contribution is 5.73. The Labute approximate surface area is 204 Å². The Morgan fingerprint density at radius 2 is 1.74 bits per heavy atom. The first-order chi connectivity index (χ1) is 17.1. The summed E-state index contributed by atoms with van der Waals surface area (Å²) in [5.74, 6) is 2.18. The Morgan fingerprint density at radius 3 is 2.43 bits per heavy atom. The number of H-pyrrole nitrogens is 1. The molecular formula is C26H28N4O5. The molecule has 9 nitrogen and oxygen atoms in total. The summed E-state index contributed by atoms with van der Waals surface area (Å²) in [6, 6.07) is 13.4. The summed E-state index contributed by atoms with van der Waals surface area (Å²) >= 11 is 0. The number of allylic oxidation sites excluding steroid dienone is 1. The van der Waals surface area contributed by atoms with Crippen LogP contribution >= 0.6 is 0 Å². The van der Waals surface area contributed by atoms with Crippen molar-refractivity contribution in [1.29, 1.82) is 5.26 Å². The molecule has 4 rings (SSSR count). The molecule has 35 heavy (non-hydrogen) atoms. The Kier molecular flexibility index (Phi) is 7.01. The predicted molar refractivity (Wildman–Crippen MR) is 130 cm³/mol. The lowest BCUT2D eigenvalue weighted by Crippen LogP contribution is -2.21. The lowest BCUT2D eigenvalue weighted by molar-refractivity contribution is 0.294. The molecule has 0 bridgehead atoms. The highest BCUT2D eigenvalue weighted by Crippen LogP contribution is 2.47. The zero-order valence-electron chi connectivity index (χ0n) is 20.2. The van der Waals surface area contributed by atoms with Crippen LogP contribution in [0.5, 0.6) is 28.9 Å². The highest BCUT2D eigenvalue weighted by Gasteiger charge is 2.36. The van der Waals surface area contributed by atoms with Gasteiger partial charge in [0.25, 0.3) is 0 Å². The van der Waals surface area contributed by atoms with E-state index in [-0.39, 0.29) is 11.5 Å². The van der Waals surface area contributed by atoms with E-state index in [2.05, 4.69) is 16.3 Å². The molecule has 0 unspecified atom stereocenters. The van der Waals surface area contributed by atoms with E-state index < -0.39 is 5.92 Å². The van der Waals surface area contributed by atoms with E-state index in [1.165, 1.54) is 0 Å². The number of nitrogens with one attached hydrogen (secondary N) is 1. The van der Waals surface area contributed by atoms with Crippen LogP contribution in [-0.4, -0.2) is 37.6 Å². The molecule has 1 aliphatic rings. The zero-order valence-corrected chi connectivity index (χ0v) is 20.2. The summed E-state index contributed by atoms with van der Waals surface area (Å²) in [5, 5.41) is 17.4. The van der Waals surface area contributed by atoms with Gasteiger partial charge in [0.05, 0.1) is 44.6 Å². The number of nitrogens with two attached hydrogens (primary N) is 1. The number of hydrogen-bond donors (Lipinski definition) is 2. The molecule has 3 aromatic rings. The number of nitriles is 1. The van der Waals surface area contributed by atoms with Crippen LogP contribution in [-0.2, 0) is 0 Å². The standard InChI is InChI=1S/C26H28N4O5/c1-5-11-34-19-9-7-15(12-20(19)31-3)22-17(14-27)25(28)35-26-23(22)24(29-30-26)16-8-10-18(33-6-2)21(13-16)32-4/h7-10,12-13,22H,5-6,11,28H2,1-4H3,(H,29,30)/t22-/m0/s1. The number of aromatic amines is 1. The van der Waals surface area contributed by atoms with Crippen LogP contribution < -0.4 is 29.4 Å². The van der Waals surface area contributed by atoms with Gasteiger partial charge in [-0.25, -0.2) is 0 Å². The van der Waals surface area contributed by atoms with Crippen LogP contribution in [0.4, 0.5) is 0 Å². The molecule has 9 heteroatoms. The van der Waals surface area contributed by atoms with Gasteiger partial charge in [0.2, 0.25) is 11.8 Å². The lowest BCUT2D eigenvalue weighted by Gasteiger charge is -2.25. The second kappa shape index (κ2) is 10.3.